The summed E-state index contributed by atoms with van der Waals surface area (Å²) in [6, 6.07) is 7.79. The highest BCUT2D eigenvalue weighted by Crippen LogP contribution is 2.28. The molecule has 0 aliphatic heterocycles. The van der Waals surface area contributed by atoms with Crippen molar-refractivity contribution in [1.29, 1.82) is 0 Å². The first-order chi connectivity index (χ1) is 10.3. The summed E-state index contributed by atoms with van der Waals surface area (Å²) >= 11 is 3.48. The van der Waals surface area contributed by atoms with Gasteiger partial charge in [-0.05, 0) is 31.2 Å². The molecule has 0 aliphatic rings. The van der Waals surface area contributed by atoms with Crippen LogP contribution < -0.4 is 10.1 Å². The van der Waals surface area contributed by atoms with Crippen molar-refractivity contribution in [3.05, 3.63) is 53.0 Å². The molecule has 0 bridgehead atoms. The van der Waals surface area contributed by atoms with Crippen molar-refractivity contribution in [3.63, 3.8) is 0 Å². The van der Waals surface area contributed by atoms with E-state index in [2.05, 4.69) is 31.2 Å². The molecule has 0 atom stereocenters. The van der Waals surface area contributed by atoms with Crippen LogP contribution in [0.5, 0.6) is 5.75 Å². The molecule has 2 aromatic heterocycles. The monoisotopic (exact) mass is 346 g/mol. The summed E-state index contributed by atoms with van der Waals surface area (Å²) in [5, 5.41) is 3.36. The second-order valence-corrected chi connectivity index (χ2v) is 5.40. The van der Waals surface area contributed by atoms with Gasteiger partial charge in [0.2, 0.25) is 5.78 Å². The molecule has 0 radical (unpaired) electrons. The van der Waals surface area contributed by atoms with Gasteiger partial charge in [-0.1, -0.05) is 15.9 Å². The van der Waals surface area contributed by atoms with E-state index in [4.69, 9.17) is 4.74 Å². The van der Waals surface area contributed by atoms with E-state index in [0.717, 1.165) is 21.6 Å². The van der Waals surface area contributed by atoms with E-state index in [1.165, 1.54) is 0 Å². The number of ether oxygens (including phenoxy) is 1. The quantitative estimate of drug-likeness (QED) is 0.768. The van der Waals surface area contributed by atoms with Gasteiger partial charge in [0, 0.05) is 23.1 Å². The van der Waals surface area contributed by atoms with Crippen LogP contribution in [0.1, 0.15) is 12.6 Å². The molecule has 3 aromatic rings. The Bertz CT molecular complexity index is 723. The summed E-state index contributed by atoms with van der Waals surface area (Å²) in [6.07, 6.45) is 5.64. The van der Waals surface area contributed by atoms with Crippen LogP contribution in [0.25, 0.3) is 5.78 Å². The molecule has 21 heavy (non-hydrogen) atoms. The second-order valence-electron chi connectivity index (χ2n) is 4.49. The second kappa shape index (κ2) is 6.13. The zero-order valence-corrected chi connectivity index (χ0v) is 13.2. The Morgan fingerprint density at radius 1 is 1.38 bits per heavy atom. The van der Waals surface area contributed by atoms with E-state index in [-0.39, 0.29) is 0 Å². The van der Waals surface area contributed by atoms with Crippen LogP contribution in [0.4, 0.5) is 5.69 Å². The Morgan fingerprint density at radius 3 is 3.10 bits per heavy atom. The molecule has 0 amide bonds. The Labute approximate surface area is 131 Å². The molecule has 108 valence electrons. The van der Waals surface area contributed by atoms with E-state index in [0.29, 0.717) is 18.9 Å². The number of hydrogen-bond acceptors (Lipinski definition) is 4. The third kappa shape index (κ3) is 3.16. The number of halogens is 1. The lowest BCUT2D eigenvalue weighted by molar-refractivity contribution is 0.341. The maximum Gasteiger partial charge on any atom is 0.233 e. The van der Waals surface area contributed by atoms with Crippen LogP contribution in [0, 0.1) is 0 Å². The Hall–Kier alpha value is -2.08. The predicted molar refractivity (Wildman–Crippen MR) is 85.6 cm³/mol. The van der Waals surface area contributed by atoms with Crippen LogP contribution in [0.3, 0.4) is 0 Å². The first kappa shape index (κ1) is 13.9. The number of benzene rings is 1. The van der Waals surface area contributed by atoms with Gasteiger partial charge in [0.05, 0.1) is 24.5 Å². The number of rotatable bonds is 5. The summed E-state index contributed by atoms with van der Waals surface area (Å²) in [4.78, 5) is 8.67. The van der Waals surface area contributed by atoms with E-state index in [1.54, 1.807) is 6.20 Å². The molecule has 1 aromatic carbocycles. The number of nitrogens with zero attached hydrogens (tertiary/aromatic N) is 3. The van der Waals surface area contributed by atoms with Gasteiger partial charge < -0.3 is 10.1 Å². The highest BCUT2D eigenvalue weighted by molar-refractivity contribution is 9.10. The maximum atomic E-state index is 5.62. The van der Waals surface area contributed by atoms with Crippen molar-refractivity contribution < 1.29 is 4.74 Å². The van der Waals surface area contributed by atoms with Gasteiger partial charge in [-0.3, -0.25) is 4.40 Å². The lowest BCUT2D eigenvalue weighted by atomic mass is 10.3. The molecular formula is C15H15BrN4O. The van der Waals surface area contributed by atoms with E-state index >= 15 is 0 Å². The molecule has 0 saturated carbocycles. The molecule has 6 heteroatoms. The van der Waals surface area contributed by atoms with Crippen molar-refractivity contribution in [2.24, 2.45) is 0 Å². The maximum absolute atomic E-state index is 5.62. The molecule has 5 nitrogen and oxygen atoms in total. The molecule has 1 N–H and O–H groups in total. The molecule has 0 fully saturated rings. The van der Waals surface area contributed by atoms with Gasteiger partial charge in [0.1, 0.15) is 5.75 Å². The minimum absolute atomic E-state index is 0.611. The minimum Gasteiger partial charge on any atom is -0.492 e. The largest absolute Gasteiger partial charge is 0.492 e. The highest BCUT2D eigenvalue weighted by Gasteiger charge is 2.06. The highest BCUT2D eigenvalue weighted by atomic mass is 79.9. The van der Waals surface area contributed by atoms with Gasteiger partial charge in [0.25, 0.3) is 0 Å². The van der Waals surface area contributed by atoms with Crippen molar-refractivity contribution in [1.82, 2.24) is 14.4 Å². The number of nitrogens with one attached hydrogen (secondary N) is 1. The molecule has 3 rings (SSSR count). The van der Waals surface area contributed by atoms with Gasteiger partial charge in [-0.2, -0.15) is 0 Å². The number of fused-ring (bicyclic) bond motifs is 1. The molecule has 0 spiro atoms. The number of aromatic nitrogens is 3. The topological polar surface area (TPSA) is 51.5 Å². The van der Waals surface area contributed by atoms with E-state index in [1.807, 2.05) is 48.0 Å². The summed E-state index contributed by atoms with van der Waals surface area (Å²) in [6.45, 7) is 3.22. The van der Waals surface area contributed by atoms with Crippen molar-refractivity contribution >= 4 is 27.4 Å². The Balaban J connectivity index is 1.79. The van der Waals surface area contributed by atoms with Crippen LogP contribution >= 0.6 is 15.9 Å². The number of anilines is 1. The SMILES string of the molecule is CCOc1ccc(Br)cc1NCc1cn2cccnc2n1. The zero-order valence-electron chi connectivity index (χ0n) is 11.6. The standard InChI is InChI=1S/C15H15BrN4O/c1-2-21-14-5-4-11(16)8-13(14)18-9-12-10-20-7-3-6-17-15(20)19-12/h3-8,10,18H,2,9H2,1H3. The fourth-order valence-electron chi connectivity index (χ4n) is 2.07. The average Bonchev–Trinajstić information content (AvgIpc) is 2.90. The lowest BCUT2D eigenvalue weighted by Crippen LogP contribution is -2.03. The summed E-state index contributed by atoms with van der Waals surface area (Å²) in [5.74, 6) is 1.54. The summed E-state index contributed by atoms with van der Waals surface area (Å²) < 4.78 is 8.53. The van der Waals surface area contributed by atoms with Crippen molar-refractivity contribution in [3.8, 4) is 5.75 Å². The Morgan fingerprint density at radius 2 is 2.29 bits per heavy atom. The van der Waals surface area contributed by atoms with E-state index in [9.17, 15) is 0 Å². The van der Waals surface area contributed by atoms with Crippen LogP contribution in [-0.2, 0) is 6.54 Å². The predicted octanol–water partition coefficient (Wildman–Crippen LogP) is 3.50. The van der Waals surface area contributed by atoms with Crippen molar-refractivity contribution in [2.75, 3.05) is 11.9 Å². The number of imidazole rings is 1. The van der Waals surface area contributed by atoms with Gasteiger partial charge in [-0.15, -0.1) is 0 Å². The lowest BCUT2D eigenvalue weighted by Gasteiger charge is -2.12. The fourth-order valence-corrected chi connectivity index (χ4v) is 2.43. The zero-order chi connectivity index (χ0) is 14.7. The fraction of sp³-hybridized carbons (Fsp3) is 0.200. The normalized spacial score (nSPS) is 10.8. The van der Waals surface area contributed by atoms with Crippen LogP contribution in [0.15, 0.2) is 47.3 Å². The van der Waals surface area contributed by atoms with Gasteiger partial charge in [0.15, 0.2) is 0 Å². The van der Waals surface area contributed by atoms with Crippen LogP contribution in [-0.4, -0.2) is 21.0 Å². The molecule has 0 unspecified atom stereocenters. The van der Waals surface area contributed by atoms with E-state index < -0.39 is 0 Å². The van der Waals surface area contributed by atoms with Crippen molar-refractivity contribution in [2.45, 2.75) is 13.5 Å². The summed E-state index contributed by atoms with van der Waals surface area (Å²) in [7, 11) is 0. The first-order valence-electron chi connectivity index (χ1n) is 6.71. The molecule has 0 saturated heterocycles. The van der Waals surface area contributed by atoms with Crippen LogP contribution in [0.2, 0.25) is 0 Å². The van der Waals surface area contributed by atoms with Gasteiger partial charge in [-0.25, -0.2) is 9.97 Å². The number of hydrogen-bond donors (Lipinski definition) is 1. The minimum atomic E-state index is 0.611. The summed E-state index contributed by atoms with van der Waals surface area (Å²) in [5.41, 5.74) is 1.87. The average molecular weight is 347 g/mol. The molecule has 2 heterocycles. The third-order valence-electron chi connectivity index (χ3n) is 2.99. The molecule has 0 aliphatic carbocycles. The smallest absolute Gasteiger partial charge is 0.233 e. The Kier molecular flexibility index (Phi) is 4.06. The third-order valence-corrected chi connectivity index (χ3v) is 3.48. The first-order valence-corrected chi connectivity index (χ1v) is 7.50. The van der Waals surface area contributed by atoms with Gasteiger partial charge >= 0.3 is 0 Å². The molecular weight excluding hydrogens is 332 g/mol.